The molecule has 4 nitrogen and oxygen atoms in total. The molecule has 0 aliphatic carbocycles. The molecule has 1 atom stereocenters. The molecule has 0 saturated heterocycles. The van der Waals surface area contributed by atoms with E-state index in [1.54, 1.807) is 0 Å². The minimum Gasteiger partial charge on any atom is -0.357 e. The van der Waals surface area contributed by atoms with Crippen LogP contribution in [0.3, 0.4) is 0 Å². The third kappa shape index (κ3) is 3.22. The Kier molecular flexibility index (Phi) is 4.41. The van der Waals surface area contributed by atoms with Gasteiger partial charge in [0.05, 0.1) is 11.9 Å². The third-order valence-corrected chi connectivity index (χ3v) is 5.69. The number of H-pyrrole nitrogens is 1. The van der Waals surface area contributed by atoms with Crippen molar-refractivity contribution in [2.75, 3.05) is 0 Å². The highest BCUT2D eigenvalue weighted by Crippen LogP contribution is 2.26. The van der Waals surface area contributed by atoms with Crippen molar-refractivity contribution in [2.45, 2.75) is 26.4 Å². The molecule has 4 heteroatoms. The number of aromatic amines is 1. The van der Waals surface area contributed by atoms with Gasteiger partial charge in [0, 0.05) is 40.4 Å². The summed E-state index contributed by atoms with van der Waals surface area (Å²) in [7, 11) is 0. The summed E-state index contributed by atoms with van der Waals surface area (Å²) in [6.45, 7) is 5.13. The van der Waals surface area contributed by atoms with Gasteiger partial charge >= 0.3 is 0 Å². The summed E-state index contributed by atoms with van der Waals surface area (Å²) in [6.07, 6.45) is 1.99. The van der Waals surface area contributed by atoms with Crippen molar-refractivity contribution >= 4 is 21.7 Å². The lowest BCUT2D eigenvalue weighted by atomic mass is 10.1. The molecule has 0 radical (unpaired) electrons. The lowest BCUT2D eigenvalue weighted by Gasteiger charge is -2.14. The first-order valence-electron chi connectivity index (χ1n) is 10.0. The standard InChI is InChI=1S/C25H24N4/c1-17(26-15-21-14-20-9-4-6-12-24(20)28-21)23-16-27-29(18(23)2)25-13-7-10-19-8-3-5-11-22(19)25/h3-14,16-17,26,28H,15H2,1-2H3. The van der Waals surface area contributed by atoms with E-state index < -0.39 is 0 Å². The Bertz CT molecular complexity index is 1260. The second-order valence-electron chi connectivity index (χ2n) is 7.58. The largest absolute Gasteiger partial charge is 0.357 e. The summed E-state index contributed by atoms with van der Waals surface area (Å²) >= 11 is 0. The van der Waals surface area contributed by atoms with E-state index >= 15 is 0 Å². The highest BCUT2D eigenvalue weighted by atomic mass is 15.3. The van der Waals surface area contributed by atoms with E-state index in [-0.39, 0.29) is 6.04 Å². The van der Waals surface area contributed by atoms with Gasteiger partial charge in [-0.1, -0.05) is 54.6 Å². The third-order valence-electron chi connectivity index (χ3n) is 5.69. The fraction of sp³-hybridized carbons (Fsp3) is 0.160. The monoisotopic (exact) mass is 380 g/mol. The number of rotatable bonds is 5. The zero-order valence-corrected chi connectivity index (χ0v) is 16.7. The number of fused-ring (bicyclic) bond motifs is 2. The first-order valence-corrected chi connectivity index (χ1v) is 10.0. The molecule has 29 heavy (non-hydrogen) atoms. The summed E-state index contributed by atoms with van der Waals surface area (Å²) in [5.41, 5.74) is 5.87. The van der Waals surface area contributed by atoms with Crippen LogP contribution in [0.5, 0.6) is 0 Å². The summed E-state index contributed by atoms with van der Waals surface area (Å²) < 4.78 is 2.05. The molecule has 1 unspecified atom stereocenters. The molecule has 0 aliphatic heterocycles. The first kappa shape index (κ1) is 17.7. The van der Waals surface area contributed by atoms with Crippen LogP contribution in [-0.4, -0.2) is 14.8 Å². The van der Waals surface area contributed by atoms with Crippen LogP contribution >= 0.6 is 0 Å². The summed E-state index contributed by atoms with van der Waals surface area (Å²) in [6, 6.07) is 25.6. The quantitative estimate of drug-likeness (QED) is 0.413. The molecule has 0 amide bonds. The van der Waals surface area contributed by atoms with Crippen molar-refractivity contribution < 1.29 is 0 Å². The molecular formula is C25H24N4. The maximum absolute atomic E-state index is 4.72. The van der Waals surface area contributed by atoms with Crippen LogP contribution in [0.4, 0.5) is 0 Å². The topological polar surface area (TPSA) is 45.6 Å². The second kappa shape index (κ2) is 7.22. The minimum absolute atomic E-state index is 0.199. The van der Waals surface area contributed by atoms with Gasteiger partial charge in [-0.05, 0) is 42.8 Å². The van der Waals surface area contributed by atoms with Gasteiger partial charge in [0.2, 0.25) is 0 Å². The summed E-state index contributed by atoms with van der Waals surface area (Å²) in [5.74, 6) is 0. The van der Waals surface area contributed by atoms with Crippen LogP contribution in [0.15, 0.2) is 79.0 Å². The molecule has 2 N–H and O–H groups in total. The summed E-state index contributed by atoms with van der Waals surface area (Å²) in [4.78, 5) is 3.48. The van der Waals surface area contributed by atoms with Gasteiger partial charge in [-0.2, -0.15) is 5.10 Å². The van der Waals surface area contributed by atoms with Crippen LogP contribution in [-0.2, 0) is 6.54 Å². The summed E-state index contributed by atoms with van der Waals surface area (Å²) in [5, 5.41) is 12.0. The number of hydrogen-bond donors (Lipinski definition) is 2. The van der Waals surface area contributed by atoms with Gasteiger partial charge in [0.25, 0.3) is 0 Å². The minimum atomic E-state index is 0.199. The number of para-hydroxylation sites is 1. The molecule has 0 saturated carbocycles. The molecule has 144 valence electrons. The van der Waals surface area contributed by atoms with Crippen LogP contribution in [0.1, 0.15) is 29.9 Å². The highest BCUT2D eigenvalue weighted by molar-refractivity contribution is 5.90. The van der Waals surface area contributed by atoms with Crippen LogP contribution in [0, 0.1) is 6.92 Å². The average molecular weight is 380 g/mol. The maximum atomic E-state index is 4.72. The van der Waals surface area contributed by atoms with E-state index in [0.717, 1.165) is 17.9 Å². The SMILES string of the molecule is Cc1c(C(C)NCc2cc3ccccc3[nH]2)cnn1-c1cccc2ccccc12. The molecule has 5 aromatic rings. The van der Waals surface area contributed by atoms with Crippen molar-refractivity contribution in [3.63, 3.8) is 0 Å². The van der Waals surface area contributed by atoms with Crippen molar-refractivity contribution in [3.8, 4) is 5.69 Å². The van der Waals surface area contributed by atoms with Crippen LogP contribution in [0.25, 0.3) is 27.4 Å². The second-order valence-corrected chi connectivity index (χ2v) is 7.58. The van der Waals surface area contributed by atoms with Gasteiger partial charge in [0.1, 0.15) is 0 Å². The van der Waals surface area contributed by atoms with Crippen molar-refractivity contribution in [2.24, 2.45) is 0 Å². The predicted octanol–water partition coefficient (Wildman–Crippen LogP) is 5.67. The van der Waals surface area contributed by atoms with Gasteiger partial charge in [0.15, 0.2) is 0 Å². The zero-order chi connectivity index (χ0) is 19.8. The van der Waals surface area contributed by atoms with E-state index in [1.165, 1.54) is 32.9 Å². The Morgan fingerprint density at radius 1 is 0.966 bits per heavy atom. The van der Waals surface area contributed by atoms with E-state index in [4.69, 9.17) is 5.10 Å². The van der Waals surface area contributed by atoms with E-state index in [9.17, 15) is 0 Å². The molecule has 0 bridgehead atoms. The van der Waals surface area contributed by atoms with Gasteiger partial charge < -0.3 is 10.3 Å². The molecule has 5 rings (SSSR count). The Morgan fingerprint density at radius 2 is 1.72 bits per heavy atom. The maximum Gasteiger partial charge on any atom is 0.0727 e. The van der Waals surface area contributed by atoms with Crippen molar-refractivity contribution in [1.29, 1.82) is 0 Å². The lowest BCUT2D eigenvalue weighted by Crippen LogP contribution is -2.18. The number of benzene rings is 3. The first-order chi connectivity index (χ1) is 14.2. The van der Waals surface area contributed by atoms with Crippen LogP contribution in [0.2, 0.25) is 0 Å². The molecule has 0 spiro atoms. The smallest absolute Gasteiger partial charge is 0.0727 e. The van der Waals surface area contributed by atoms with Gasteiger partial charge in [-0.25, -0.2) is 4.68 Å². The van der Waals surface area contributed by atoms with Gasteiger partial charge in [-0.3, -0.25) is 0 Å². The zero-order valence-electron chi connectivity index (χ0n) is 16.7. The molecule has 2 aromatic heterocycles. The lowest BCUT2D eigenvalue weighted by molar-refractivity contribution is 0.566. The average Bonchev–Trinajstić information content (AvgIpc) is 3.34. The fourth-order valence-corrected chi connectivity index (χ4v) is 4.08. The molecular weight excluding hydrogens is 356 g/mol. The Morgan fingerprint density at radius 3 is 2.59 bits per heavy atom. The Hall–Kier alpha value is -3.37. The number of hydrogen-bond acceptors (Lipinski definition) is 2. The van der Waals surface area contributed by atoms with Gasteiger partial charge in [-0.15, -0.1) is 0 Å². The molecule has 3 aromatic carbocycles. The van der Waals surface area contributed by atoms with E-state index in [1.807, 2.05) is 6.20 Å². The Labute approximate surface area is 170 Å². The molecule has 2 heterocycles. The normalized spacial score (nSPS) is 12.6. The number of nitrogens with one attached hydrogen (secondary N) is 2. The predicted molar refractivity (Wildman–Crippen MR) is 119 cm³/mol. The van der Waals surface area contributed by atoms with E-state index in [0.29, 0.717) is 0 Å². The molecule has 0 aliphatic rings. The highest BCUT2D eigenvalue weighted by Gasteiger charge is 2.15. The number of nitrogens with zero attached hydrogens (tertiary/aromatic N) is 2. The van der Waals surface area contributed by atoms with Crippen LogP contribution < -0.4 is 5.32 Å². The van der Waals surface area contributed by atoms with E-state index in [2.05, 4.69) is 102 Å². The molecule has 0 fully saturated rings. The fourth-order valence-electron chi connectivity index (χ4n) is 4.08. The Balaban J connectivity index is 1.40. The van der Waals surface area contributed by atoms with Crippen molar-refractivity contribution in [3.05, 3.63) is 95.9 Å². The van der Waals surface area contributed by atoms with Crippen molar-refractivity contribution in [1.82, 2.24) is 20.1 Å². The number of aromatic nitrogens is 3.